The van der Waals surface area contributed by atoms with Gasteiger partial charge in [0, 0.05) is 42.8 Å². The molecule has 1 aliphatic heterocycles. The van der Waals surface area contributed by atoms with E-state index >= 15 is 0 Å². The summed E-state index contributed by atoms with van der Waals surface area (Å²) in [6, 6.07) is 24.1. The molecule has 1 saturated heterocycles. The highest BCUT2D eigenvalue weighted by Crippen LogP contribution is 2.25. The van der Waals surface area contributed by atoms with Gasteiger partial charge < -0.3 is 14.4 Å². The standard InChI is InChI=1S/C28H31BrN2O3/c1-21-6-8-22(9-7-21)20-34-27(24-4-3-5-26(18-24)33-2)19-30-14-16-31(17-15-30)28(32)23-10-12-25(29)13-11-23/h3-13,18,27H,14-17,19-20H2,1-2H3/t27-/m1/s1. The number of methoxy groups -OCH3 is 1. The summed E-state index contributed by atoms with van der Waals surface area (Å²) in [4.78, 5) is 17.2. The van der Waals surface area contributed by atoms with Gasteiger partial charge in [0.1, 0.15) is 5.75 Å². The number of ether oxygens (including phenoxy) is 2. The van der Waals surface area contributed by atoms with Crippen molar-refractivity contribution in [2.75, 3.05) is 39.8 Å². The molecule has 0 aliphatic carbocycles. The Morgan fingerprint density at radius 3 is 2.35 bits per heavy atom. The van der Waals surface area contributed by atoms with E-state index in [1.807, 2.05) is 47.4 Å². The van der Waals surface area contributed by atoms with Crippen LogP contribution in [0.4, 0.5) is 0 Å². The molecule has 0 N–H and O–H groups in total. The summed E-state index contributed by atoms with van der Waals surface area (Å²) >= 11 is 3.43. The van der Waals surface area contributed by atoms with Gasteiger partial charge in [-0.2, -0.15) is 0 Å². The zero-order valence-electron chi connectivity index (χ0n) is 19.7. The van der Waals surface area contributed by atoms with Crippen molar-refractivity contribution in [2.45, 2.75) is 19.6 Å². The number of benzene rings is 3. The molecule has 0 spiro atoms. The molecule has 1 fully saturated rings. The minimum atomic E-state index is -0.0925. The topological polar surface area (TPSA) is 42.0 Å². The third kappa shape index (κ3) is 6.47. The fourth-order valence-electron chi connectivity index (χ4n) is 4.12. The molecular formula is C28H31BrN2O3. The lowest BCUT2D eigenvalue weighted by molar-refractivity contribution is 0.00333. The highest BCUT2D eigenvalue weighted by molar-refractivity contribution is 9.10. The van der Waals surface area contributed by atoms with Crippen LogP contribution in [0.3, 0.4) is 0 Å². The van der Waals surface area contributed by atoms with E-state index in [0.717, 1.165) is 46.5 Å². The molecule has 0 bridgehead atoms. The quantitative estimate of drug-likeness (QED) is 0.392. The molecule has 6 heteroatoms. The molecule has 4 rings (SSSR count). The summed E-state index contributed by atoms with van der Waals surface area (Å²) in [5, 5.41) is 0. The molecule has 1 atom stereocenters. The van der Waals surface area contributed by atoms with Crippen molar-refractivity contribution in [3.05, 3.63) is 99.5 Å². The van der Waals surface area contributed by atoms with Gasteiger partial charge in [-0.25, -0.2) is 0 Å². The molecule has 34 heavy (non-hydrogen) atoms. The van der Waals surface area contributed by atoms with Gasteiger partial charge in [-0.15, -0.1) is 0 Å². The lowest BCUT2D eigenvalue weighted by atomic mass is 10.1. The van der Waals surface area contributed by atoms with Gasteiger partial charge >= 0.3 is 0 Å². The summed E-state index contributed by atoms with van der Waals surface area (Å²) in [6.45, 7) is 6.44. The summed E-state index contributed by atoms with van der Waals surface area (Å²) < 4.78 is 12.8. The van der Waals surface area contributed by atoms with Crippen LogP contribution in [0.25, 0.3) is 0 Å². The van der Waals surface area contributed by atoms with E-state index in [0.29, 0.717) is 19.7 Å². The Bertz CT molecular complexity index is 1080. The lowest BCUT2D eigenvalue weighted by Crippen LogP contribution is -2.49. The average molecular weight is 523 g/mol. The van der Waals surface area contributed by atoms with Gasteiger partial charge in [-0.05, 0) is 54.4 Å². The third-order valence-corrected chi connectivity index (χ3v) is 6.74. The summed E-state index contributed by atoms with van der Waals surface area (Å²) in [5.41, 5.74) is 4.22. The summed E-state index contributed by atoms with van der Waals surface area (Å²) in [7, 11) is 1.68. The van der Waals surface area contributed by atoms with E-state index in [1.54, 1.807) is 7.11 Å². The van der Waals surface area contributed by atoms with E-state index in [1.165, 1.54) is 5.56 Å². The number of amides is 1. The maximum absolute atomic E-state index is 12.9. The van der Waals surface area contributed by atoms with E-state index in [2.05, 4.69) is 58.1 Å². The van der Waals surface area contributed by atoms with E-state index in [4.69, 9.17) is 9.47 Å². The first-order valence-corrected chi connectivity index (χ1v) is 12.4. The van der Waals surface area contributed by atoms with Crippen molar-refractivity contribution in [1.29, 1.82) is 0 Å². The molecule has 3 aromatic rings. The molecule has 0 radical (unpaired) electrons. The predicted octanol–water partition coefficient (Wildman–Crippen LogP) is 5.48. The summed E-state index contributed by atoms with van der Waals surface area (Å²) in [6.07, 6.45) is -0.0925. The largest absolute Gasteiger partial charge is 0.497 e. The second-order valence-electron chi connectivity index (χ2n) is 8.66. The summed E-state index contributed by atoms with van der Waals surface area (Å²) in [5.74, 6) is 0.915. The molecule has 5 nitrogen and oxygen atoms in total. The van der Waals surface area contributed by atoms with Crippen LogP contribution in [0.1, 0.15) is 33.2 Å². The van der Waals surface area contributed by atoms with Crippen molar-refractivity contribution >= 4 is 21.8 Å². The molecule has 1 heterocycles. The Morgan fingerprint density at radius 1 is 0.971 bits per heavy atom. The van der Waals surface area contributed by atoms with Gasteiger partial charge in [-0.3, -0.25) is 9.69 Å². The molecule has 178 valence electrons. The van der Waals surface area contributed by atoms with Gasteiger partial charge in [-0.1, -0.05) is 57.9 Å². The number of piperazine rings is 1. The normalized spacial score (nSPS) is 15.2. The zero-order valence-corrected chi connectivity index (χ0v) is 21.3. The Hall–Kier alpha value is -2.67. The van der Waals surface area contributed by atoms with Crippen molar-refractivity contribution < 1.29 is 14.3 Å². The smallest absolute Gasteiger partial charge is 0.253 e. The van der Waals surface area contributed by atoms with Gasteiger partial charge in [0.15, 0.2) is 0 Å². The first-order chi connectivity index (χ1) is 16.5. The maximum Gasteiger partial charge on any atom is 0.253 e. The minimum Gasteiger partial charge on any atom is -0.497 e. The number of carbonyl (C=O) groups is 1. The number of hydrogen-bond acceptors (Lipinski definition) is 4. The minimum absolute atomic E-state index is 0.0899. The van der Waals surface area contributed by atoms with E-state index in [9.17, 15) is 4.79 Å². The Kier molecular flexibility index (Phi) is 8.38. The fraction of sp³-hybridized carbons (Fsp3) is 0.321. The second-order valence-corrected chi connectivity index (χ2v) is 9.58. The van der Waals surface area contributed by atoms with Crippen molar-refractivity contribution in [1.82, 2.24) is 9.80 Å². The third-order valence-electron chi connectivity index (χ3n) is 6.21. The fourth-order valence-corrected chi connectivity index (χ4v) is 4.38. The zero-order chi connectivity index (χ0) is 23.9. The predicted molar refractivity (Wildman–Crippen MR) is 138 cm³/mol. The van der Waals surface area contributed by atoms with Crippen LogP contribution >= 0.6 is 15.9 Å². The number of hydrogen-bond donors (Lipinski definition) is 0. The maximum atomic E-state index is 12.9. The second kappa shape index (κ2) is 11.6. The van der Waals surface area contributed by atoms with Gasteiger partial charge in [0.05, 0.1) is 19.8 Å². The van der Waals surface area contributed by atoms with Crippen LogP contribution in [-0.2, 0) is 11.3 Å². The highest BCUT2D eigenvalue weighted by atomic mass is 79.9. The molecule has 3 aromatic carbocycles. The van der Waals surface area contributed by atoms with E-state index in [-0.39, 0.29) is 12.0 Å². The van der Waals surface area contributed by atoms with Gasteiger partial charge in [0.2, 0.25) is 0 Å². The molecule has 1 amide bonds. The number of carbonyl (C=O) groups excluding carboxylic acids is 1. The molecule has 1 aliphatic rings. The Labute approximate surface area is 210 Å². The monoisotopic (exact) mass is 522 g/mol. The van der Waals surface area contributed by atoms with Crippen LogP contribution in [0.15, 0.2) is 77.3 Å². The SMILES string of the molecule is COc1cccc([C@@H](CN2CCN(C(=O)c3ccc(Br)cc3)CC2)OCc2ccc(C)cc2)c1. The van der Waals surface area contributed by atoms with Crippen LogP contribution in [0, 0.1) is 6.92 Å². The molecule has 0 aromatic heterocycles. The lowest BCUT2D eigenvalue weighted by Gasteiger charge is -2.36. The number of nitrogens with zero attached hydrogens (tertiary/aromatic N) is 2. The van der Waals surface area contributed by atoms with Crippen LogP contribution < -0.4 is 4.74 Å². The Balaban J connectivity index is 1.40. The number of halogens is 1. The first kappa shape index (κ1) is 24.5. The van der Waals surface area contributed by atoms with Crippen LogP contribution in [0.2, 0.25) is 0 Å². The van der Waals surface area contributed by atoms with E-state index < -0.39 is 0 Å². The number of aryl methyl sites for hydroxylation is 1. The average Bonchev–Trinajstić information content (AvgIpc) is 2.88. The first-order valence-electron chi connectivity index (χ1n) is 11.6. The number of rotatable bonds is 8. The van der Waals surface area contributed by atoms with Crippen LogP contribution in [0.5, 0.6) is 5.75 Å². The van der Waals surface area contributed by atoms with Crippen molar-refractivity contribution in [3.63, 3.8) is 0 Å². The van der Waals surface area contributed by atoms with Crippen LogP contribution in [-0.4, -0.2) is 55.5 Å². The Morgan fingerprint density at radius 2 is 1.68 bits per heavy atom. The van der Waals surface area contributed by atoms with Crippen molar-refractivity contribution in [2.24, 2.45) is 0 Å². The van der Waals surface area contributed by atoms with Gasteiger partial charge in [0.25, 0.3) is 5.91 Å². The van der Waals surface area contributed by atoms with Crippen molar-refractivity contribution in [3.8, 4) is 5.75 Å². The molecular weight excluding hydrogens is 492 g/mol. The highest BCUT2D eigenvalue weighted by Gasteiger charge is 2.25. The molecule has 0 saturated carbocycles. The molecule has 0 unspecified atom stereocenters.